The number of benzene rings is 1. The summed E-state index contributed by atoms with van der Waals surface area (Å²) >= 11 is 0. The molecule has 3 nitrogen and oxygen atoms in total. The molecule has 0 bridgehead atoms. The highest BCUT2D eigenvalue weighted by molar-refractivity contribution is 5.82. The number of hydrogen-bond acceptors (Lipinski definition) is 2. The maximum absolute atomic E-state index is 13.6. The van der Waals surface area contributed by atoms with Crippen molar-refractivity contribution in [3.63, 3.8) is 0 Å². The lowest BCUT2D eigenvalue weighted by Crippen LogP contribution is -2.47. The average Bonchev–Trinajstić information content (AvgIpc) is 3.08. The van der Waals surface area contributed by atoms with Crippen molar-refractivity contribution in [3.8, 4) is 0 Å². The largest absolute Gasteiger partial charge is 0.354 e. The minimum Gasteiger partial charge on any atom is -0.354 e. The second kappa shape index (κ2) is 6.78. The summed E-state index contributed by atoms with van der Waals surface area (Å²) in [4.78, 5) is 12.3. The zero-order chi connectivity index (χ0) is 15.4. The third-order valence-electron chi connectivity index (χ3n) is 5.23. The van der Waals surface area contributed by atoms with Gasteiger partial charge in [0, 0.05) is 12.0 Å². The molecule has 0 aromatic heterocycles. The molecule has 1 saturated carbocycles. The Balaban J connectivity index is 1.73. The quantitative estimate of drug-likeness (QED) is 0.898. The van der Waals surface area contributed by atoms with Gasteiger partial charge in [-0.15, -0.1) is 0 Å². The molecule has 1 aliphatic heterocycles. The molecule has 120 valence electrons. The summed E-state index contributed by atoms with van der Waals surface area (Å²) in [6, 6.07) is 6.87. The fourth-order valence-electron chi connectivity index (χ4n) is 3.90. The average molecular weight is 304 g/mol. The van der Waals surface area contributed by atoms with Crippen LogP contribution < -0.4 is 10.6 Å². The molecular formula is C18H25FN2O. The van der Waals surface area contributed by atoms with Crippen LogP contribution >= 0.6 is 0 Å². The van der Waals surface area contributed by atoms with E-state index in [0.717, 1.165) is 50.6 Å². The van der Waals surface area contributed by atoms with Crippen molar-refractivity contribution in [3.05, 3.63) is 35.6 Å². The second-order valence-corrected chi connectivity index (χ2v) is 6.72. The molecule has 1 aromatic rings. The van der Waals surface area contributed by atoms with Gasteiger partial charge in [0.2, 0.25) is 5.91 Å². The zero-order valence-corrected chi connectivity index (χ0v) is 13.0. The first kappa shape index (κ1) is 15.5. The van der Waals surface area contributed by atoms with Crippen LogP contribution in [0.3, 0.4) is 0 Å². The number of carbonyl (C=O) groups is 1. The Morgan fingerprint density at radius 3 is 2.77 bits per heavy atom. The van der Waals surface area contributed by atoms with Gasteiger partial charge in [-0.3, -0.25) is 4.79 Å². The monoisotopic (exact) mass is 304 g/mol. The summed E-state index contributed by atoms with van der Waals surface area (Å²) in [6.45, 7) is 1.54. The van der Waals surface area contributed by atoms with E-state index >= 15 is 0 Å². The Morgan fingerprint density at radius 1 is 1.27 bits per heavy atom. The molecule has 0 radical (unpaired) electrons. The van der Waals surface area contributed by atoms with Gasteiger partial charge in [0.25, 0.3) is 0 Å². The second-order valence-electron chi connectivity index (χ2n) is 6.72. The molecule has 1 aromatic carbocycles. The number of halogens is 1. The van der Waals surface area contributed by atoms with Gasteiger partial charge in [-0.2, -0.15) is 0 Å². The first-order valence-electron chi connectivity index (χ1n) is 8.47. The maximum Gasteiger partial charge on any atom is 0.237 e. The van der Waals surface area contributed by atoms with Crippen molar-refractivity contribution in [1.29, 1.82) is 0 Å². The van der Waals surface area contributed by atoms with Crippen molar-refractivity contribution in [2.24, 2.45) is 0 Å². The smallest absolute Gasteiger partial charge is 0.237 e. The predicted octanol–water partition coefficient (Wildman–Crippen LogP) is 2.90. The number of rotatable bonds is 4. The summed E-state index contributed by atoms with van der Waals surface area (Å²) < 4.78 is 13.6. The summed E-state index contributed by atoms with van der Waals surface area (Å²) in [7, 11) is 0. The SMILES string of the molecule is O=C(NCC1(c2cccc(F)c2)CCCCC1)C1CCCN1. The number of amides is 1. The lowest BCUT2D eigenvalue weighted by Gasteiger charge is -2.38. The van der Waals surface area contributed by atoms with Crippen LogP contribution in [0, 0.1) is 5.82 Å². The van der Waals surface area contributed by atoms with Gasteiger partial charge in [0.15, 0.2) is 0 Å². The van der Waals surface area contributed by atoms with Crippen LogP contribution in [0.5, 0.6) is 0 Å². The van der Waals surface area contributed by atoms with Gasteiger partial charge >= 0.3 is 0 Å². The Morgan fingerprint density at radius 2 is 2.09 bits per heavy atom. The number of carbonyl (C=O) groups excluding carboxylic acids is 1. The maximum atomic E-state index is 13.6. The minimum atomic E-state index is -0.189. The summed E-state index contributed by atoms with van der Waals surface area (Å²) in [5.74, 6) is -0.0925. The molecule has 1 unspecified atom stereocenters. The first-order chi connectivity index (χ1) is 10.7. The molecule has 22 heavy (non-hydrogen) atoms. The first-order valence-corrected chi connectivity index (χ1v) is 8.47. The van der Waals surface area contributed by atoms with Gasteiger partial charge in [0.05, 0.1) is 6.04 Å². The van der Waals surface area contributed by atoms with E-state index in [1.807, 2.05) is 6.07 Å². The highest BCUT2D eigenvalue weighted by Crippen LogP contribution is 2.39. The normalized spacial score (nSPS) is 24.1. The van der Waals surface area contributed by atoms with E-state index in [9.17, 15) is 9.18 Å². The Kier molecular flexibility index (Phi) is 4.77. The molecule has 1 amide bonds. The highest BCUT2D eigenvalue weighted by atomic mass is 19.1. The van der Waals surface area contributed by atoms with Crippen molar-refractivity contribution < 1.29 is 9.18 Å². The predicted molar refractivity (Wildman–Crippen MR) is 85.2 cm³/mol. The summed E-state index contributed by atoms with van der Waals surface area (Å²) in [5.41, 5.74) is 0.932. The van der Waals surface area contributed by atoms with Crippen LogP contribution in [0.4, 0.5) is 4.39 Å². The number of hydrogen-bond donors (Lipinski definition) is 2. The van der Waals surface area contributed by atoms with Gasteiger partial charge in [-0.1, -0.05) is 31.4 Å². The van der Waals surface area contributed by atoms with E-state index < -0.39 is 0 Å². The molecule has 2 fully saturated rings. The zero-order valence-electron chi connectivity index (χ0n) is 13.0. The van der Waals surface area contributed by atoms with Crippen LogP contribution in [-0.4, -0.2) is 25.0 Å². The summed E-state index contributed by atoms with van der Waals surface area (Å²) in [6.07, 6.45) is 7.55. The molecular weight excluding hydrogens is 279 g/mol. The molecule has 1 aliphatic carbocycles. The van der Waals surface area contributed by atoms with Crippen LogP contribution in [0.1, 0.15) is 50.5 Å². The van der Waals surface area contributed by atoms with Crippen molar-refractivity contribution >= 4 is 5.91 Å². The minimum absolute atomic E-state index is 0.0480. The molecule has 4 heteroatoms. The van der Waals surface area contributed by atoms with Gasteiger partial charge in [0.1, 0.15) is 5.82 Å². The Bertz CT molecular complexity index is 520. The lowest BCUT2D eigenvalue weighted by molar-refractivity contribution is -0.123. The van der Waals surface area contributed by atoms with Crippen LogP contribution in [0.25, 0.3) is 0 Å². The van der Waals surface area contributed by atoms with Gasteiger partial charge < -0.3 is 10.6 Å². The van der Waals surface area contributed by atoms with Crippen molar-refractivity contribution in [2.75, 3.05) is 13.1 Å². The van der Waals surface area contributed by atoms with E-state index in [1.165, 1.54) is 12.5 Å². The van der Waals surface area contributed by atoms with Crippen LogP contribution in [0.2, 0.25) is 0 Å². The topological polar surface area (TPSA) is 41.1 Å². The Hall–Kier alpha value is -1.42. The molecule has 1 atom stereocenters. The molecule has 2 aliphatic rings. The van der Waals surface area contributed by atoms with Crippen LogP contribution in [0.15, 0.2) is 24.3 Å². The Labute approximate surface area is 131 Å². The standard InChI is InChI=1S/C18H25FN2O/c19-15-7-4-6-14(12-15)18(9-2-1-3-10-18)13-21-17(22)16-8-5-11-20-16/h4,6-7,12,16,20H,1-3,5,8-11,13H2,(H,21,22). The molecule has 0 spiro atoms. The van der Waals surface area contributed by atoms with Gasteiger partial charge in [-0.05, 0) is 49.9 Å². The highest BCUT2D eigenvalue weighted by Gasteiger charge is 2.35. The molecule has 3 rings (SSSR count). The molecule has 1 saturated heterocycles. The van der Waals surface area contributed by atoms with E-state index in [0.29, 0.717) is 6.54 Å². The van der Waals surface area contributed by atoms with Crippen LogP contribution in [-0.2, 0) is 10.2 Å². The van der Waals surface area contributed by atoms with Gasteiger partial charge in [-0.25, -0.2) is 4.39 Å². The fourth-order valence-corrected chi connectivity index (χ4v) is 3.90. The molecule has 2 N–H and O–H groups in total. The third kappa shape index (κ3) is 3.32. The number of nitrogens with one attached hydrogen (secondary N) is 2. The van der Waals surface area contributed by atoms with E-state index in [1.54, 1.807) is 12.1 Å². The van der Waals surface area contributed by atoms with E-state index in [4.69, 9.17) is 0 Å². The third-order valence-corrected chi connectivity index (χ3v) is 5.23. The summed E-state index contributed by atoms with van der Waals surface area (Å²) in [5, 5.41) is 6.36. The van der Waals surface area contributed by atoms with Crippen molar-refractivity contribution in [2.45, 2.75) is 56.4 Å². The fraction of sp³-hybridized carbons (Fsp3) is 0.611. The van der Waals surface area contributed by atoms with E-state index in [2.05, 4.69) is 10.6 Å². The lowest BCUT2D eigenvalue weighted by atomic mass is 9.69. The van der Waals surface area contributed by atoms with E-state index in [-0.39, 0.29) is 23.2 Å². The molecule has 1 heterocycles. The van der Waals surface area contributed by atoms with Crippen molar-refractivity contribution in [1.82, 2.24) is 10.6 Å².